The second-order valence-corrected chi connectivity index (χ2v) is 3.29. The minimum atomic E-state index is 0.542. The molecule has 1 aliphatic carbocycles. The van der Waals surface area contributed by atoms with Crippen molar-refractivity contribution in [2.45, 2.75) is 25.3 Å². The fraction of sp³-hybridized carbons (Fsp3) is 0.400. The molecule has 0 radical (unpaired) electrons. The van der Waals surface area contributed by atoms with Gasteiger partial charge in [-0.3, -0.25) is 0 Å². The van der Waals surface area contributed by atoms with Crippen molar-refractivity contribution < 1.29 is 5.73 Å². The predicted octanol–water partition coefficient (Wildman–Crippen LogP) is 1.31. The average molecular weight is 148 g/mol. The SMILES string of the molecule is [NH3+][C@H]1CCCc2ccccc21. The Kier molecular flexibility index (Phi) is 1.66. The Balaban J connectivity index is 2.44. The van der Waals surface area contributed by atoms with Crippen molar-refractivity contribution in [2.75, 3.05) is 0 Å². The molecule has 0 unspecified atom stereocenters. The van der Waals surface area contributed by atoms with Gasteiger partial charge in [0.15, 0.2) is 0 Å². The summed E-state index contributed by atoms with van der Waals surface area (Å²) in [6.45, 7) is 0. The highest BCUT2D eigenvalue weighted by Crippen LogP contribution is 2.25. The van der Waals surface area contributed by atoms with Gasteiger partial charge >= 0.3 is 0 Å². The predicted molar refractivity (Wildman–Crippen MR) is 45.0 cm³/mol. The van der Waals surface area contributed by atoms with Crippen LogP contribution >= 0.6 is 0 Å². The molecule has 2 rings (SSSR count). The van der Waals surface area contributed by atoms with Crippen molar-refractivity contribution >= 4 is 0 Å². The maximum Gasteiger partial charge on any atom is 0.110 e. The van der Waals surface area contributed by atoms with Crippen molar-refractivity contribution in [3.63, 3.8) is 0 Å². The molecule has 0 fully saturated rings. The van der Waals surface area contributed by atoms with Crippen molar-refractivity contribution in [3.05, 3.63) is 35.4 Å². The summed E-state index contributed by atoms with van der Waals surface area (Å²) in [6, 6.07) is 9.22. The monoisotopic (exact) mass is 148 g/mol. The number of hydrogen-bond donors (Lipinski definition) is 1. The maximum absolute atomic E-state index is 4.14. The van der Waals surface area contributed by atoms with Gasteiger partial charge in [0.25, 0.3) is 0 Å². The lowest BCUT2D eigenvalue weighted by molar-refractivity contribution is -0.429. The van der Waals surface area contributed by atoms with Crippen LogP contribution in [0, 0.1) is 0 Å². The van der Waals surface area contributed by atoms with Crippen LogP contribution in [0.3, 0.4) is 0 Å². The van der Waals surface area contributed by atoms with Crippen LogP contribution in [0.1, 0.15) is 30.0 Å². The van der Waals surface area contributed by atoms with E-state index in [9.17, 15) is 0 Å². The van der Waals surface area contributed by atoms with Gasteiger partial charge in [0, 0.05) is 12.0 Å². The van der Waals surface area contributed by atoms with E-state index in [1.54, 1.807) is 0 Å². The molecule has 0 aliphatic heterocycles. The Morgan fingerprint density at radius 1 is 1.27 bits per heavy atom. The molecule has 0 saturated heterocycles. The van der Waals surface area contributed by atoms with Crippen LogP contribution in [0.4, 0.5) is 0 Å². The standard InChI is InChI=1S/C10H13N/c11-10-7-3-5-8-4-1-2-6-9(8)10/h1-2,4,6,10H,3,5,7,11H2/p+1/t10-/m0/s1. The Bertz CT molecular complexity index is 255. The second kappa shape index (κ2) is 2.67. The van der Waals surface area contributed by atoms with E-state index in [2.05, 4.69) is 30.0 Å². The summed E-state index contributed by atoms with van der Waals surface area (Å²) in [5.74, 6) is 0. The normalized spacial score (nSPS) is 22.8. The molecule has 0 heterocycles. The van der Waals surface area contributed by atoms with Gasteiger partial charge in [0.1, 0.15) is 6.04 Å². The van der Waals surface area contributed by atoms with E-state index in [1.165, 1.54) is 30.4 Å². The first-order chi connectivity index (χ1) is 5.38. The lowest BCUT2D eigenvalue weighted by atomic mass is 9.88. The van der Waals surface area contributed by atoms with Gasteiger partial charge in [-0.05, 0) is 18.4 Å². The molecule has 0 aromatic heterocycles. The third kappa shape index (κ3) is 1.16. The van der Waals surface area contributed by atoms with E-state index < -0.39 is 0 Å². The van der Waals surface area contributed by atoms with Gasteiger partial charge in [-0.25, -0.2) is 0 Å². The summed E-state index contributed by atoms with van der Waals surface area (Å²) < 4.78 is 0. The van der Waals surface area contributed by atoms with Crippen LogP contribution < -0.4 is 5.73 Å². The largest absolute Gasteiger partial charge is 0.351 e. The minimum Gasteiger partial charge on any atom is -0.351 e. The topological polar surface area (TPSA) is 27.6 Å². The van der Waals surface area contributed by atoms with Crippen LogP contribution in [0.5, 0.6) is 0 Å². The third-order valence-corrected chi connectivity index (χ3v) is 2.49. The molecular formula is C10H14N+. The molecule has 0 saturated carbocycles. The van der Waals surface area contributed by atoms with Crippen LogP contribution in [0.2, 0.25) is 0 Å². The summed E-state index contributed by atoms with van der Waals surface area (Å²) >= 11 is 0. The summed E-state index contributed by atoms with van der Waals surface area (Å²) in [4.78, 5) is 0. The third-order valence-electron chi connectivity index (χ3n) is 2.49. The Labute approximate surface area is 67.2 Å². The molecule has 0 bridgehead atoms. The van der Waals surface area contributed by atoms with Gasteiger partial charge in [-0.2, -0.15) is 0 Å². The van der Waals surface area contributed by atoms with Gasteiger partial charge in [0.2, 0.25) is 0 Å². The summed E-state index contributed by atoms with van der Waals surface area (Å²) in [7, 11) is 0. The first kappa shape index (κ1) is 6.86. The van der Waals surface area contributed by atoms with E-state index in [0.717, 1.165) is 0 Å². The van der Waals surface area contributed by atoms with E-state index >= 15 is 0 Å². The molecule has 1 heteroatoms. The van der Waals surface area contributed by atoms with Crippen LogP contribution in [-0.4, -0.2) is 0 Å². The number of aryl methyl sites for hydroxylation is 1. The molecule has 3 N–H and O–H groups in total. The first-order valence-corrected chi connectivity index (χ1v) is 4.29. The number of rotatable bonds is 0. The lowest BCUT2D eigenvalue weighted by Crippen LogP contribution is -2.54. The van der Waals surface area contributed by atoms with Gasteiger partial charge in [-0.1, -0.05) is 24.3 Å². The van der Waals surface area contributed by atoms with Crippen LogP contribution in [-0.2, 0) is 6.42 Å². The smallest absolute Gasteiger partial charge is 0.110 e. The van der Waals surface area contributed by atoms with Crippen molar-refractivity contribution in [2.24, 2.45) is 0 Å². The van der Waals surface area contributed by atoms with Crippen LogP contribution in [0.15, 0.2) is 24.3 Å². The van der Waals surface area contributed by atoms with E-state index in [-0.39, 0.29) is 0 Å². The summed E-state index contributed by atoms with van der Waals surface area (Å²) in [5.41, 5.74) is 7.12. The molecular weight excluding hydrogens is 134 g/mol. The summed E-state index contributed by atoms with van der Waals surface area (Å²) in [5, 5.41) is 0. The Morgan fingerprint density at radius 2 is 2.09 bits per heavy atom. The van der Waals surface area contributed by atoms with Gasteiger partial charge < -0.3 is 5.73 Å². The molecule has 11 heavy (non-hydrogen) atoms. The summed E-state index contributed by atoms with van der Waals surface area (Å²) in [6.07, 6.45) is 3.82. The van der Waals surface area contributed by atoms with Crippen LogP contribution in [0.25, 0.3) is 0 Å². The van der Waals surface area contributed by atoms with Crippen molar-refractivity contribution in [3.8, 4) is 0 Å². The Morgan fingerprint density at radius 3 is 2.91 bits per heavy atom. The number of hydrogen-bond acceptors (Lipinski definition) is 0. The molecule has 1 aromatic rings. The zero-order valence-corrected chi connectivity index (χ0v) is 6.72. The highest BCUT2D eigenvalue weighted by Gasteiger charge is 2.17. The fourth-order valence-corrected chi connectivity index (χ4v) is 1.85. The van der Waals surface area contributed by atoms with E-state index in [0.29, 0.717) is 6.04 Å². The highest BCUT2D eigenvalue weighted by atomic mass is 14.6. The average Bonchev–Trinajstić information content (AvgIpc) is 2.06. The first-order valence-electron chi connectivity index (χ1n) is 4.29. The fourth-order valence-electron chi connectivity index (χ4n) is 1.85. The Hall–Kier alpha value is -0.820. The molecule has 0 amide bonds. The molecule has 1 aliphatic rings. The highest BCUT2D eigenvalue weighted by molar-refractivity contribution is 5.30. The number of quaternary nitrogens is 1. The zero-order valence-electron chi connectivity index (χ0n) is 6.72. The maximum atomic E-state index is 4.14. The molecule has 1 atom stereocenters. The molecule has 1 aromatic carbocycles. The second-order valence-electron chi connectivity index (χ2n) is 3.29. The number of fused-ring (bicyclic) bond motifs is 1. The van der Waals surface area contributed by atoms with E-state index in [4.69, 9.17) is 0 Å². The van der Waals surface area contributed by atoms with Gasteiger partial charge in [-0.15, -0.1) is 0 Å². The lowest BCUT2D eigenvalue weighted by Gasteiger charge is -2.18. The quantitative estimate of drug-likeness (QED) is 0.574. The van der Waals surface area contributed by atoms with Gasteiger partial charge in [0.05, 0.1) is 0 Å². The minimum absolute atomic E-state index is 0.542. The van der Waals surface area contributed by atoms with Crippen molar-refractivity contribution in [1.82, 2.24) is 0 Å². The molecule has 58 valence electrons. The molecule has 1 nitrogen and oxygen atoms in total. The molecule has 0 spiro atoms. The number of benzene rings is 1. The van der Waals surface area contributed by atoms with Crippen molar-refractivity contribution in [1.29, 1.82) is 0 Å². The zero-order chi connectivity index (χ0) is 7.68. The van der Waals surface area contributed by atoms with E-state index in [1.807, 2.05) is 0 Å².